The second-order valence-corrected chi connectivity index (χ2v) is 33.6. The summed E-state index contributed by atoms with van der Waals surface area (Å²) in [6, 6.07) is 26.0. The molecule has 0 aromatic heterocycles. The van der Waals surface area contributed by atoms with Crippen LogP contribution in [0.25, 0.3) is 0 Å². The number of amides is 2. The normalized spacial score (nSPS) is 16.2. The first-order valence-corrected chi connectivity index (χ1v) is 47.9. The average Bonchev–Trinajstić information content (AvgIpc) is 0.782. The Morgan fingerprint density at radius 3 is 1.09 bits per heavy atom. The summed E-state index contributed by atoms with van der Waals surface area (Å²) in [5.41, 5.74) is 2.47. The summed E-state index contributed by atoms with van der Waals surface area (Å²) in [7, 11) is 0. The summed E-state index contributed by atoms with van der Waals surface area (Å²) in [6.45, 7) is 10.8. The summed E-state index contributed by atoms with van der Waals surface area (Å²) in [6.07, 6.45) is 51.6. The molecule has 1 aliphatic rings. The number of esters is 4. The van der Waals surface area contributed by atoms with Crippen molar-refractivity contribution in [2.45, 2.75) is 476 Å². The highest BCUT2D eigenvalue weighted by molar-refractivity contribution is 5.84. The van der Waals surface area contributed by atoms with Crippen LogP contribution < -0.4 is 10.6 Å². The molecule has 0 unspecified atom stereocenters. The fourth-order valence-corrected chi connectivity index (χ4v) is 15.7. The van der Waals surface area contributed by atoms with Crippen molar-refractivity contribution in [2.75, 3.05) is 13.2 Å². The predicted octanol–water partition coefficient (Wildman–Crippen LogP) is 25.7. The van der Waals surface area contributed by atoms with E-state index in [0.717, 1.165) is 132 Å². The van der Waals surface area contributed by atoms with E-state index in [2.05, 4.69) is 45.3 Å². The first-order chi connectivity index (χ1) is 57.0. The Balaban J connectivity index is 1.79. The zero-order valence-corrected chi connectivity index (χ0v) is 74.0. The lowest BCUT2D eigenvalue weighted by atomic mass is 9.95. The van der Waals surface area contributed by atoms with Crippen LogP contribution in [-0.2, 0) is 86.5 Å². The van der Waals surface area contributed by atoms with Gasteiger partial charge in [-0.15, -0.1) is 0 Å². The van der Waals surface area contributed by atoms with E-state index in [9.17, 15) is 19.2 Å². The van der Waals surface area contributed by atoms with Crippen molar-refractivity contribution in [3.05, 3.63) is 108 Å². The minimum atomic E-state index is -1.49. The van der Waals surface area contributed by atoms with E-state index < -0.39 is 73.3 Å². The molecule has 1 saturated heterocycles. The minimum Gasteiger partial charge on any atom is -0.462 e. The van der Waals surface area contributed by atoms with Crippen LogP contribution in [-0.4, -0.2) is 97.8 Å². The summed E-state index contributed by atoms with van der Waals surface area (Å²) < 4.78 is 53.2. The highest BCUT2D eigenvalue weighted by Crippen LogP contribution is 2.32. The molecule has 8 atom stereocenters. The highest BCUT2D eigenvalue weighted by Gasteiger charge is 2.51. The highest BCUT2D eigenvalue weighted by atomic mass is 16.7. The molecule has 0 aliphatic carbocycles. The largest absolute Gasteiger partial charge is 0.462 e. The van der Waals surface area contributed by atoms with Crippen molar-refractivity contribution < 1.29 is 66.7 Å². The van der Waals surface area contributed by atoms with Crippen molar-refractivity contribution in [1.29, 1.82) is 0 Å². The van der Waals surface area contributed by atoms with Gasteiger partial charge in [-0.1, -0.05) is 421 Å². The lowest BCUT2D eigenvalue weighted by Gasteiger charge is -2.46. The standard InChI is InChI=1S/C100H166N2O14/c1-6-11-16-21-26-31-34-39-44-49-63-74-91(103)101-89(99(108)111-81-86-70-59-54-60-71-86)82-112-100-96(102-92(104)77-87(72-61-47-42-37-29-24-19-14-9-4)113-93(105)75-64-50-45-40-35-32-27-22-17-12-7-2)98(97(110-80-85-68-57-53-58-69-85)90(115-100)83-109-79-84-66-55-52-56-67-84)116-95(107)78-88(73-62-48-43-38-30-25-20-15-10-5)114-94(106)76-65-51-46-41-36-33-28-23-18-13-8-3/h52-60,66-71,87-90,96-98,100H,6-51,61-65,72-83H2,1-5H3,(H,101,103)(H,102,104)/t87-,88-,89+,90-,96-,97-,98-,100-/m1/s1. The van der Waals surface area contributed by atoms with Crippen LogP contribution in [0, 0.1) is 0 Å². The van der Waals surface area contributed by atoms with Crippen LogP contribution >= 0.6 is 0 Å². The molecule has 1 fully saturated rings. The van der Waals surface area contributed by atoms with E-state index in [1.165, 1.54) is 193 Å². The van der Waals surface area contributed by atoms with Crippen molar-refractivity contribution in [3.8, 4) is 0 Å². The van der Waals surface area contributed by atoms with Gasteiger partial charge in [0.05, 0.1) is 39.3 Å². The van der Waals surface area contributed by atoms with Gasteiger partial charge in [0.2, 0.25) is 11.8 Å². The Hall–Kier alpha value is -5.68. The van der Waals surface area contributed by atoms with E-state index in [0.29, 0.717) is 32.1 Å². The maximum atomic E-state index is 15.5. The van der Waals surface area contributed by atoms with Crippen LogP contribution in [0.3, 0.4) is 0 Å². The van der Waals surface area contributed by atoms with Gasteiger partial charge in [-0.25, -0.2) is 4.79 Å². The van der Waals surface area contributed by atoms with Crippen molar-refractivity contribution in [3.63, 3.8) is 0 Å². The molecule has 4 rings (SSSR count). The third-order valence-electron chi connectivity index (χ3n) is 22.8. The fourth-order valence-electron chi connectivity index (χ4n) is 15.7. The van der Waals surface area contributed by atoms with E-state index in [4.69, 9.17) is 37.9 Å². The molecule has 0 saturated carbocycles. The van der Waals surface area contributed by atoms with Gasteiger partial charge >= 0.3 is 23.9 Å². The summed E-state index contributed by atoms with van der Waals surface area (Å²) in [5.74, 6) is -2.98. The number of unbranched alkanes of at least 4 members (excludes halogenated alkanes) is 46. The van der Waals surface area contributed by atoms with Gasteiger partial charge in [0.15, 0.2) is 18.4 Å². The van der Waals surface area contributed by atoms with Crippen molar-refractivity contribution in [1.82, 2.24) is 10.6 Å². The fraction of sp³-hybridized carbons (Fsp3) is 0.760. The van der Waals surface area contributed by atoms with Gasteiger partial charge in [-0.3, -0.25) is 24.0 Å². The molecule has 660 valence electrons. The number of rotatable bonds is 78. The number of ether oxygens (including phenoxy) is 8. The molecule has 2 amide bonds. The third kappa shape index (κ3) is 53.8. The number of nitrogens with one attached hydrogen (secondary N) is 2. The monoisotopic (exact) mass is 1620 g/mol. The molecule has 1 heterocycles. The van der Waals surface area contributed by atoms with E-state index in [1.807, 2.05) is 91.0 Å². The SMILES string of the molecule is CCCCCCCCCCCCCC(=O)N[C@@H](CO[C@@H]1O[C@H](COCc2ccccc2)[C@@H](OCc2ccccc2)[C@H](OC(=O)C[C@@H](CCCCCCCCCCC)OC(=O)CCCCCCCCCCCCC)[C@H]1NC(=O)C[C@@H](CCCCCCCCCCC)OC(=O)CCCCCCCCCCCCC)C(=O)OCc1ccccc1. The molecule has 0 bridgehead atoms. The van der Waals surface area contributed by atoms with Gasteiger partial charge in [0.1, 0.15) is 37.1 Å². The zero-order valence-electron chi connectivity index (χ0n) is 74.0. The zero-order chi connectivity index (χ0) is 83.0. The molecule has 2 N–H and O–H groups in total. The lowest BCUT2D eigenvalue weighted by molar-refractivity contribution is -0.286. The van der Waals surface area contributed by atoms with Crippen molar-refractivity contribution in [2.24, 2.45) is 0 Å². The maximum absolute atomic E-state index is 15.5. The molecule has 16 heteroatoms. The van der Waals surface area contributed by atoms with E-state index in [-0.39, 0.29) is 76.4 Å². The molecule has 0 radical (unpaired) electrons. The second kappa shape index (κ2) is 72.2. The molecule has 0 spiro atoms. The molecular weight excluding hydrogens is 1450 g/mol. The van der Waals surface area contributed by atoms with Crippen LogP contribution in [0.15, 0.2) is 91.0 Å². The second-order valence-electron chi connectivity index (χ2n) is 33.6. The third-order valence-corrected chi connectivity index (χ3v) is 22.8. The average molecular weight is 1620 g/mol. The number of carbonyl (C=O) groups is 6. The predicted molar refractivity (Wildman–Crippen MR) is 472 cm³/mol. The van der Waals surface area contributed by atoms with Crippen LogP contribution in [0.2, 0.25) is 0 Å². The Kier molecular flexibility index (Phi) is 63.9. The molecule has 3 aromatic carbocycles. The smallest absolute Gasteiger partial charge is 0.331 e. The molecular formula is C100H166N2O14. The number of hydrogen-bond donors (Lipinski definition) is 2. The first-order valence-electron chi connectivity index (χ1n) is 47.9. The van der Waals surface area contributed by atoms with Crippen LogP contribution in [0.4, 0.5) is 0 Å². The van der Waals surface area contributed by atoms with E-state index in [1.54, 1.807) is 0 Å². The molecule has 1 aliphatic heterocycles. The summed E-state index contributed by atoms with van der Waals surface area (Å²) in [4.78, 5) is 87.9. The molecule has 16 nitrogen and oxygen atoms in total. The number of hydrogen-bond acceptors (Lipinski definition) is 14. The Morgan fingerprint density at radius 1 is 0.353 bits per heavy atom. The van der Waals surface area contributed by atoms with Crippen LogP contribution in [0.1, 0.15) is 424 Å². The van der Waals surface area contributed by atoms with Gasteiger partial charge < -0.3 is 48.5 Å². The minimum absolute atomic E-state index is 0.0402. The van der Waals surface area contributed by atoms with Crippen LogP contribution in [0.5, 0.6) is 0 Å². The summed E-state index contributed by atoms with van der Waals surface area (Å²) >= 11 is 0. The van der Waals surface area contributed by atoms with Crippen molar-refractivity contribution >= 4 is 35.7 Å². The van der Waals surface area contributed by atoms with Gasteiger partial charge in [-0.2, -0.15) is 0 Å². The van der Waals surface area contributed by atoms with Gasteiger partial charge in [0.25, 0.3) is 0 Å². The number of benzene rings is 3. The maximum Gasteiger partial charge on any atom is 0.331 e. The summed E-state index contributed by atoms with van der Waals surface area (Å²) in [5, 5.41) is 6.20. The topological polar surface area (TPSA) is 200 Å². The number of carbonyl (C=O) groups excluding carboxylic acids is 6. The van der Waals surface area contributed by atoms with Gasteiger partial charge in [-0.05, 0) is 61.6 Å². The Morgan fingerprint density at radius 2 is 0.698 bits per heavy atom. The molecule has 3 aromatic rings. The van der Waals surface area contributed by atoms with Gasteiger partial charge in [0, 0.05) is 19.3 Å². The Labute approximate surface area is 705 Å². The first kappa shape index (κ1) is 103. The Bertz CT molecular complexity index is 2830. The van der Waals surface area contributed by atoms with E-state index >= 15 is 9.59 Å². The lowest BCUT2D eigenvalue weighted by Crippen LogP contribution is -2.67. The molecule has 116 heavy (non-hydrogen) atoms. The quantitative estimate of drug-likeness (QED) is 0.0307.